The van der Waals surface area contributed by atoms with Crippen LogP contribution in [-0.4, -0.2) is 19.5 Å². The van der Waals surface area contributed by atoms with Crippen LogP contribution in [0.3, 0.4) is 0 Å². The molecule has 5 heteroatoms. The first-order valence-corrected chi connectivity index (χ1v) is 21.7. The van der Waals surface area contributed by atoms with E-state index < -0.39 is 0 Å². The molecule has 0 saturated heterocycles. The van der Waals surface area contributed by atoms with Gasteiger partial charge >= 0.3 is 0 Å². The smallest absolute Gasteiger partial charge is 0.164 e. The predicted molar refractivity (Wildman–Crippen MR) is 260 cm³/mol. The van der Waals surface area contributed by atoms with Crippen molar-refractivity contribution in [3.05, 3.63) is 218 Å². The Kier molecular flexibility index (Phi) is 8.65. The van der Waals surface area contributed by atoms with Gasteiger partial charge in [0, 0.05) is 53.3 Å². The number of para-hydroxylation sites is 1. The first-order chi connectivity index (χ1) is 30.7. The van der Waals surface area contributed by atoms with Gasteiger partial charge in [0.25, 0.3) is 0 Å². The molecule has 0 unspecified atom stereocenters. The third-order valence-electron chi connectivity index (χ3n) is 11.9. The van der Waals surface area contributed by atoms with Crippen LogP contribution in [0.4, 0.5) is 0 Å². The summed E-state index contributed by atoms with van der Waals surface area (Å²) in [5, 5.41) is 5.08. The van der Waals surface area contributed by atoms with E-state index in [2.05, 4.69) is 199 Å². The molecule has 3 heterocycles. The number of hydrogen-bond donors (Lipinski definition) is 0. The average Bonchev–Trinajstić information content (AvgIpc) is 3.91. The van der Waals surface area contributed by atoms with Crippen molar-refractivity contribution >= 4 is 53.3 Å². The molecule has 0 aliphatic rings. The van der Waals surface area contributed by atoms with Crippen molar-refractivity contribution in [3.63, 3.8) is 0 Å². The molecule has 0 fully saturated rings. The molecule has 4 nitrogen and oxygen atoms in total. The van der Waals surface area contributed by atoms with Crippen LogP contribution in [0.2, 0.25) is 0 Å². The van der Waals surface area contributed by atoms with Crippen LogP contribution in [-0.2, 0) is 0 Å². The van der Waals surface area contributed by atoms with Crippen molar-refractivity contribution in [2.45, 2.75) is 0 Å². The number of benzene rings is 9. The zero-order valence-corrected chi connectivity index (χ0v) is 34.3. The summed E-state index contributed by atoms with van der Waals surface area (Å²) in [7, 11) is 0. The predicted octanol–water partition coefficient (Wildman–Crippen LogP) is 15.3. The molecule has 3 aromatic heterocycles. The maximum Gasteiger partial charge on any atom is 0.164 e. The molecular weight excluding hydrogens is 773 g/mol. The van der Waals surface area contributed by atoms with E-state index in [9.17, 15) is 0 Å². The fraction of sp³-hybridized carbons (Fsp3) is 0. The standard InChI is InChI=1S/C57H36N4S/c1-4-14-37(15-5-1)39-24-26-41(27-25-39)44-34-45(57-59-55(42-18-8-3-9-19-42)58-56(60-57)43-30-28-40(29-31-43)38-16-6-2-7-17-38)36-46(35-44)61-50-22-12-10-21-49(50)53-51(61)33-32-48-47-20-11-13-23-52(47)62-54(48)53/h1-36H. The second kappa shape index (κ2) is 14.9. The fourth-order valence-corrected chi connectivity index (χ4v) is 10.1. The van der Waals surface area contributed by atoms with Gasteiger partial charge in [0.2, 0.25) is 0 Å². The highest BCUT2D eigenvalue weighted by Gasteiger charge is 2.20. The van der Waals surface area contributed by atoms with Gasteiger partial charge in [0.1, 0.15) is 0 Å². The monoisotopic (exact) mass is 808 g/mol. The molecule has 0 spiro atoms. The zero-order valence-electron chi connectivity index (χ0n) is 33.5. The van der Waals surface area contributed by atoms with Gasteiger partial charge in [0.15, 0.2) is 17.5 Å². The quantitative estimate of drug-likeness (QED) is 0.161. The van der Waals surface area contributed by atoms with Crippen LogP contribution in [0, 0.1) is 0 Å². The molecule has 0 N–H and O–H groups in total. The van der Waals surface area contributed by atoms with Crippen molar-refractivity contribution in [1.29, 1.82) is 0 Å². The summed E-state index contributed by atoms with van der Waals surface area (Å²) in [6.07, 6.45) is 0. The molecule has 0 saturated carbocycles. The Morgan fingerprint density at radius 1 is 0.306 bits per heavy atom. The summed E-state index contributed by atoms with van der Waals surface area (Å²) in [4.78, 5) is 15.6. The van der Waals surface area contributed by atoms with E-state index in [1.165, 1.54) is 47.6 Å². The van der Waals surface area contributed by atoms with Crippen LogP contribution in [0.25, 0.3) is 115 Å². The van der Waals surface area contributed by atoms with Crippen molar-refractivity contribution in [2.24, 2.45) is 0 Å². The Morgan fingerprint density at radius 3 is 1.39 bits per heavy atom. The average molecular weight is 809 g/mol. The van der Waals surface area contributed by atoms with Gasteiger partial charge in [-0.15, -0.1) is 11.3 Å². The van der Waals surface area contributed by atoms with Crippen LogP contribution in [0.5, 0.6) is 0 Å². The highest BCUT2D eigenvalue weighted by atomic mass is 32.1. The number of aromatic nitrogens is 4. The van der Waals surface area contributed by atoms with Crippen molar-refractivity contribution < 1.29 is 0 Å². The minimum atomic E-state index is 0.609. The van der Waals surface area contributed by atoms with Gasteiger partial charge in [-0.1, -0.05) is 182 Å². The largest absolute Gasteiger partial charge is 0.309 e. The third kappa shape index (κ3) is 6.26. The molecule has 0 aliphatic heterocycles. The number of fused-ring (bicyclic) bond motifs is 7. The first-order valence-electron chi connectivity index (χ1n) is 20.8. The van der Waals surface area contributed by atoms with Crippen molar-refractivity contribution in [3.8, 4) is 73.2 Å². The second-order valence-electron chi connectivity index (χ2n) is 15.6. The summed E-state index contributed by atoms with van der Waals surface area (Å²) < 4.78 is 5.02. The molecule has 0 bridgehead atoms. The fourth-order valence-electron chi connectivity index (χ4n) is 8.83. The molecule has 62 heavy (non-hydrogen) atoms. The molecule has 0 atom stereocenters. The number of rotatable bonds is 7. The van der Waals surface area contributed by atoms with E-state index in [1.54, 1.807) is 0 Å². The Labute approximate surface area is 362 Å². The van der Waals surface area contributed by atoms with Gasteiger partial charge in [0.05, 0.1) is 11.0 Å². The van der Waals surface area contributed by atoms with E-state index in [0.717, 1.165) is 50.1 Å². The van der Waals surface area contributed by atoms with Crippen LogP contribution >= 0.6 is 11.3 Å². The Balaban J connectivity index is 1.09. The summed E-state index contributed by atoms with van der Waals surface area (Å²) in [6, 6.07) is 77.5. The maximum absolute atomic E-state index is 5.27. The molecule has 0 amide bonds. The minimum absolute atomic E-state index is 0.609. The highest BCUT2D eigenvalue weighted by molar-refractivity contribution is 7.26. The molecule has 9 aromatic carbocycles. The summed E-state index contributed by atoms with van der Waals surface area (Å²) in [5.74, 6) is 1.86. The van der Waals surface area contributed by atoms with Gasteiger partial charge in [-0.3, -0.25) is 0 Å². The SMILES string of the molecule is c1ccc(-c2ccc(-c3cc(-c4nc(-c5ccccc5)nc(-c5ccc(-c6ccccc6)cc5)n4)cc(-n4c5ccccc5c5c6sc7ccccc7c6ccc54)c3)cc2)cc1. The Bertz CT molecular complexity index is 3590. The first kappa shape index (κ1) is 35.9. The van der Waals surface area contributed by atoms with E-state index in [4.69, 9.17) is 15.0 Å². The van der Waals surface area contributed by atoms with Gasteiger partial charge < -0.3 is 4.57 Å². The van der Waals surface area contributed by atoms with Gasteiger partial charge in [-0.2, -0.15) is 0 Å². The molecule has 0 radical (unpaired) electrons. The highest BCUT2D eigenvalue weighted by Crippen LogP contribution is 2.44. The number of thiophene rings is 1. The third-order valence-corrected chi connectivity index (χ3v) is 13.1. The lowest BCUT2D eigenvalue weighted by Gasteiger charge is -2.15. The van der Waals surface area contributed by atoms with E-state index >= 15 is 0 Å². The van der Waals surface area contributed by atoms with Crippen LogP contribution in [0.15, 0.2) is 218 Å². The van der Waals surface area contributed by atoms with Gasteiger partial charge in [-0.05, 0) is 69.8 Å². The van der Waals surface area contributed by atoms with E-state index in [-0.39, 0.29) is 0 Å². The molecule has 0 aliphatic carbocycles. The molecule has 290 valence electrons. The number of hydrogen-bond acceptors (Lipinski definition) is 4. The topological polar surface area (TPSA) is 43.6 Å². The van der Waals surface area contributed by atoms with Crippen molar-refractivity contribution in [2.75, 3.05) is 0 Å². The summed E-state index contributed by atoms with van der Waals surface area (Å²) >= 11 is 1.87. The van der Waals surface area contributed by atoms with Crippen LogP contribution < -0.4 is 0 Å². The molecule has 12 rings (SSSR count). The normalized spacial score (nSPS) is 11.5. The Hall–Kier alpha value is -7.99. The molecular formula is C57H36N4S. The maximum atomic E-state index is 5.27. The molecule has 12 aromatic rings. The lowest BCUT2D eigenvalue weighted by Crippen LogP contribution is -2.02. The van der Waals surface area contributed by atoms with Crippen LogP contribution in [0.1, 0.15) is 0 Å². The summed E-state index contributed by atoms with van der Waals surface area (Å²) in [5.41, 5.74) is 12.9. The Morgan fingerprint density at radius 2 is 0.758 bits per heavy atom. The van der Waals surface area contributed by atoms with E-state index in [1.807, 2.05) is 35.6 Å². The van der Waals surface area contributed by atoms with Gasteiger partial charge in [-0.25, -0.2) is 15.0 Å². The van der Waals surface area contributed by atoms with Crippen molar-refractivity contribution in [1.82, 2.24) is 19.5 Å². The minimum Gasteiger partial charge on any atom is -0.309 e. The zero-order chi connectivity index (χ0) is 41.0. The second-order valence-corrected chi connectivity index (χ2v) is 16.7. The lowest BCUT2D eigenvalue weighted by atomic mass is 9.98. The lowest BCUT2D eigenvalue weighted by molar-refractivity contribution is 1.07. The number of nitrogens with zero attached hydrogens (tertiary/aromatic N) is 4. The van der Waals surface area contributed by atoms with E-state index in [0.29, 0.717) is 17.5 Å². The summed E-state index contributed by atoms with van der Waals surface area (Å²) in [6.45, 7) is 0.